The Morgan fingerprint density at radius 2 is 2.25 bits per heavy atom. The van der Waals surface area contributed by atoms with Crippen molar-refractivity contribution in [3.05, 3.63) is 35.6 Å². The van der Waals surface area contributed by atoms with Gasteiger partial charge in [-0.05, 0) is 18.4 Å². The minimum absolute atomic E-state index is 0.186. The molecule has 0 aliphatic heterocycles. The van der Waals surface area contributed by atoms with Crippen molar-refractivity contribution in [2.75, 3.05) is 0 Å². The van der Waals surface area contributed by atoms with E-state index in [0.717, 1.165) is 18.4 Å². The fourth-order valence-corrected chi connectivity index (χ4v) is 1.21. The van der Waals surface area contributed by atoms with Gasteiger partial charge in [0.25, 0.3) is 0 Å². The van der Waals surface area contributed by atoms with Crippen LogP contribution < -0.4 is 0 Å². The van der Waals surface area contributed by atoms with Gasteiger partial charge >= 0.3 is 0 Å². The molecule has 0 saturated heterocycles. The average molecular weight is 165 g/mol. The first-order chi connectivity index (χ1) is 5.84. The van der Waals surface area contributed by atoms with Gasteiger partial charge < -0.3 is 0 Å². The number of benzene rings is 1. The van der Waals surface area contributed by atoms with E-state index in [4.69, 9.17) is 0 Å². The van der Waals surface area contributed by atoms with Crippen molar-refractivity contribution in [2.45, 2.75) is 32.6 Å². The summed E-state index contributed by atoms with van der Waals surface area (Å²) in [5.41, 5.74) is 0.797. The molecular formula is C11H14F. The largest absolute Gasteiger partial charge is 0.206 e. The van der Waals surface area contributed by atoms with E-state index in [1.54, 1.807) is 6.07 Å². The number of hydrogen-bond acceptors (Lipinski definition) is 0. The lowest BCUT2D eigenvalue weighted by Gasteiger charge is -2.00. The summed E-state index contributed by atoms with van der Waals surface area (Å²) in [7, 11) is 0. The van der Waals surface area contributed by atoms with Gasteiger partial charge in [-0.1, -0.05) is 38.0 Å². The maximum absolute atomic E-state index is 13.0. The predicted molar refractivity (Wildman–Crippen MR) is 48.5 cm³/mol. The normalized spacial score (nSPS) is 10.2. The summed E-state index contributed by atoms with van der Waals surface area (Å²) in [4.78, 5) is 0. The molecule has 1 aromatic carbocycles. The van der Waals surface area contributed by atoms with E-state index in [9.17, 15) is 4.39 Å². The molecule has 1 heteroatoms. The van der Waals surface area contributed by atoms with Crippen molar-refractivity contribution >= 4 is 0 Å². The average Bonchev–Trinajstić information content (AvgIpc) is 2.09. The smallest absolute Gasteiger partial charge is 0.134 e. The van der Waals surface area contributed by atoms with E-state index in [1.807, 2.05) is 12.1 Å². The molecule has 0 atom stereocenters. The number of rotatable bonds is 4. The van der Waals surface area contributed by atoms with Crippen LogP contribution in [0.5, 0.6) is 0 Å². The Morgan fingerprint density at radius 3 is 2.92 bits per heavy atom. The standard InChI is InChI=1S/C11H14F/c1-2-3-4-7-10-8-5-6-9-11(10)12/h5-6,8H,2-4,7H2,1H3. The monoisotopic (exact) mass is 165 g/mol. The van der Waals surface area contributed by atoms with Gasteiger partial charge in [0.2, 0.25) is 0 Å². The summed E-state index contributed by atoms with van der Waals surface area (Å²) in [5.74, 6) is -0.186. The Bertz CT molecular complexity index is 230. The van der Waals surface area contributed by atoms with Crippen molar-refractivity contribution in [3.63, 3.8) is 0 Å². The van der Waals surface area contributed by atoms with Gasteiger partial charge in [0.15, 0.2) is 0 Å². The van der Waals surface area contributed by atoms with E-state index < -0.39 is 0 Å². The highest BCUT2D eigenvalue weighted by Crippen LogP contribution is 2.09. The van der Waals surface area contributed by atoms with Gasteiger partial charge in [-0.3, -0.25) is 0 Å². The van der Waals surface area contributed by atoms with Crippen LogP contribution in [0.4, 0.5) is 4.39 Å². The molecule has 0 nitrogen and oxygen atoms in total. The third kappa shape index (κ3) is 2.65. The van der Waals surface area contributed by atoms with Crippen LogP contribution in [0.25, 0.3) is 0 Å². The zero-order chi connectivity index (χ0) is 8.81. The second-order valence-electron chi connectivity index (χ2n) is 2.97. The molecule has 0 N–H and O–H groups in total. The van der Waals surface area contributed by atoms with Gasteiger partial charge in [-0.2, -0.15) is 0 Å². The maximum atomic E-state index is 13.0. The van der Waals surface area contributed by atoms with Crippen molar-refractivity contribution in [2.24, 2.45) is 0 Å². The number of hydrogen-bond donors (Lipinski definition) is 0. The van der Waals surface area contributed by atoms with E-state index in [0.29, 0.717) is 0 Å². The third-order valence-corrected chi connectivity index (χ3v) is 1.94. The van der Waals surface area contributed by atoms with Crippen LogP contribution in [-0.2, 0) is 6.42 Å². The molecule has 0 amide bonds. The van der Waals surface area contributed by atoms with Crippen molar-refractivity contribution in [1.29, 1.82) is 0 Å². The van der Waals surface area contributed by atoms with Crippen molar-refractivity contribution < 1.29 is 4.39 Å². The third-order valence-electron chi connectivity index (χ3n) is 1.94. The Kier molecular flexibility index (Phi) is 3.78. The summed E-state index contributed by atoms with van der Waals surface area (Å²) in [6, 6.07) is 7.84. The first-order valence-electron chi connectivity index (χ1n) is 4.49. The highest BCUT2D eigenvalue weighted by atomic mass is 19.1. The minimum Gasteiger partial charge on any atom is -0.206 e. The first-order valence-corrected chi connectivity index (χ1v) is 4.49. The van der Waals surface area contributed by atoms with E-state index >= 15 is 0 Å². The molecule has 0 saturated carbocycles. The summed E-state index contributed by atoms with van der Waals surface area (Å²) in [6.07, 6.45) is 4.27. The highest BCUT2D eigenvalue weighted by molar-refractivity contribution is 5.16. The van der Waals surface area contributed by atoms with Crippen molar-refractivity contribution in [3.8, 4) is 0 Å². The molecule has 0 unspecified atom stereocenters. The van der Waals surface area contributed by atoms with E-state index in [-0.39, 0.29) is 5.82 Å². The van der Waals surface area contributed by atoms with E-state index in [1.165, 1.54) is 12.8 Å². The fraction of sp³-hybridized carbons (Fsp3) is 0.455. The summed E-state index contributed by atoms with van der Waals surface area (Å²) in [6.45, 7) is 2.15. The zero-order valence-corrected chi connectivity index (χ0v) is 7.44. The molecule has 0 bridgehead atoms. The molecule has 1 rings (SSSR count). The van der Waals surface area contributed by atoms with Crippen LogP contribution >= 0.6 is 0 Å². The molecule has 12 heavy (non-hydrogen) atoms. The van der Waals surface area contributed by atoms with Gasteiger partial charge in [-0.25, -0.2) is 4.39 Å². The lowest BCUT2D eigenvalue weighted by molar-refractivity contribution is 0.597. The van der Waals surface area contributed by atoms with Crippen LogP contribution in [-0.4, -0.2) is 0 Å². The topological polar surface area (TPSA) is 0 Å². The van der Waals surface area contributed by atoms with Crippen LogP contribution in [0.1, 0.15) is 31.7 Å². The van der Waals surface area contributed by atoms with Crippen molar-refractivity contribution in [1.82, 2.24) is 0 Å². The van der Waals surface area contributed by atoms with Crippen LogP contribution in [0, 0.1) is 11.9 Å². The highest BCUT2D eigenvalue weighted by Gasteiger charge is 1.98. The van der Waals surface area contributed by atoms with Gasteiger partial charge in [0, 0.05) is 6.07 Å². The Hall–Kier alpha value is -0.850. The molecule has 1 radical (unpaired) electrons. The SMILES string of the molecule is CCCCCc1ccc[c]c1F. The number of halogens is 1. The Balaban J connectivity index is 2.46. The molecule has 1 aromatic rings. The predicted octanol–water partition coefficient (Wildman–Crippen LogP) is 3.36. The van der Waals surface area contributed by atoms with Gasteiger partial charge in [0.1, 0.15) is 5.82 Å². The lowest BCUT2D eigenvalue weighted by Crippen LogP contribution is -1.89. The second-order valence-corrected chi connectivity index (χ2v) is 2.97. The summed E-state index contributed by atoms with van der Waals surface area (Å²) >= 11 is 0. The summed E-state index contributed by atoms with van der Waals surface area (Å²) < 4.78 is 13.0. The lowest BCUT2D eigenvalue weighted by atomic mass is 10.1. The number of unbranched alkanes of at least 4 members (excludes halogenated alkanes) is 2. The quantitative estimate of drug-likeness (QED) is 0.600. The second kappa shape index (κ2) is 4.91. The van der Waals surface area contributed by atoms with Gasteiger partial charge in [-0.15, -0.1) is 0 Å². The molecule has 0 spiro atoms. The molecule has 0 heterocycles. The fourth-order valence-electron chi connectivity index (χ4n) is 1.21. The molecule has 65 valence electrons. The Morgan fingerprint density at radius 1 is 1.42 bits per heavy atom. The number of aryl methyl sites for hydroxylation is 1. The molecule has 0 aliphatic rings. The summed E-state index contributed by atoms with van der Waals surface area (Å²) in [5, 5.41) is 0. The Labute approximate surface area is 73.4 Å². The minimum atomic E-state index is -0.186. The molecule has 0 fully saturated rings. The zero-order valence-electron chi connectivity index (χ0n) is 7.44. The van der Waals surface area contributed by atoms with E-state index in [2.05, 4.69) is 13.0 Å². The van der Waals surface area contributed by atoms with Crippen LogP contribution in [0.2, 0.25) is 0 Å². The molecule has 0 aromatic heterocycles. The van der Waals surface area contributed by atoms with Crippen LogP contribution in [0.3, 0.4) is 0 Å². The maximum Gasteiger partial charge on any atom is 0.134 e. The first kappa shape index (κ1) is 9.24. The van der Waals surface area contributed by atoms with Crippen LogP contribution in [0.15, 0.2) is 18.2 Å². The van der Waals surface area contributed by atoms with Gasteiger partial charge in [0.05, 0.1) is 0 Å². The molecule has 0 aliphatic carbocycles. The molecular weight excluding hydrogens is 151 g/mol.